The van der Waals surface area contributed by atoms with Crippen LogP contribution >= 0.6 is 22.9 Å². The van der Waals surface area contributed by atoms with Crippen LogP contribution in [-0.4, -0.2) is 76.0 Å². The van der Waals surface area contributed by atoms with Crippen molar-refractivity contribution in [1.29, 1.82) is 0 Å². The minimum atomic E-state index is -3.47. The van der Waals surface area contributed by atoms with E-state index in [0.29, 0.717) is 43.2 Å². The first-order chi connectivity index (χ1) is 12.9. The Balaban J connectivity index is 1.38. The number of rotatable bonds is 7. The highest BCUT2D eigenvalue weighted by Crippen LogP contribution is 2.31. The van der Waals surface area contributed by atoms with Crippen molar-refractivity contribution in [2.75, 3.05) is 52.5 Å². The van der Waals surface area contributed by atoms with Crippen LogP contribution in [0.15, 0.2) is 16.3 Å². The van der Waals surface area contributed by atoms with Gasteiger partial charge in [0, 0.05) is 45.7 Å². The van der Waals surface area contributed by atoms with Gasteiger partial charge in [0.05, 0.1) is 17.6 Å². The lowest BCUT2D eigenvalue weighted by Gasteiger charge is -2.30. The van der Waals surface area contributed by atoms with Crippen LogP contribution in [0.3, 0.4) is 0 Å². The molecule has 3 rings (SSSR count). The Morgan fingerprint density at radius 2 is 1.93 bits per heavy atom. The molecule has 0 bridgehead atoms. The third-order valence-corrected chi connectivity index (χ3v) is 8.64. The van der Waals surface area contributed by atoms with Crippen LogP contribution in [0.5, 0.6) is 0 Å². The quantitative estimate of drug-likeness (QED) is 0.704. The summed E-state index contributed by atoms with van der Waals surface area (Å²) in [7, 11) is -3.47. The highest BCUT2D eigenvalue weighted by Gasteiger charge is 2.31. The zero-order valence-corrected chi connectivity index (χ0v) is 17.6. The summed E-state index contributed by atoms with van der Waals surface area (Å²) in [5, 5.41) is 2.98. The van der Waals surface area contributed by atoms with Crippen molar-refractivity contribution in [3.63, 3.8) is 0 Å². The maximum atomic E-state index is 12.6. The Morgan fingerprint density at radius 1 is 1.22 bits per heavy atom. The number of sulfonamides is 1. The number of carbonyl (C=O) groups is 1. The first-order valence-corrected chi connectivity index (χ1v) is 11.9. The second kappa shape index (κ2) is 9.67. The second-order valence-corrected chi connectivity index (χ2v) is 10.8. The lowest BCUT2D eigenvalue weighted by molar-refractivity contribution is -0.122. The van der Waals surface area contributed by atoms with Gasteiger partial charge < -0.3 is 10.1 Å². The molecule has 1 N–H and O–H groups in total. The van der Waals surface area contributed by atoms with Crippen molar-refractivity contribution in [2.45, 2.75) is 23.5 Å². The number of morpholine rings is 1. The van der Waals surface area contributed by atoms with Gasteiger partial charge in [-0.25, -0.2) is 8.42 Å². The highest BCUT2D eigenvalue weighted by atomic mass is 35.5. The predicted molar refractivity (Wildman–Crippen MR) is 106 cm³/mol. The standard InChI is InChI=1S/C17H26ClN3O4S2/c18-15-1-2-17(26-15)27(23,24)21-6-3-14(4-7-21)13-16(22)19-5-8-20-9-11-25-12-10-20/h1-2,14H,3-13H2,(H,19,22). The number of thiophene rings is 1. The van der Waals surface area contributed by atoms with Crippen LogP contribution < -0.4 is 5.32 Å². The van der Waals surface area contributed by atoms with Gasteiger partial charge >= 0.3 is 0 Å². The number of nitrogens with zero attached hydrogens (tertiary/aromatic N) is 2. The lowest BCUT2D eigenvalue weighted by atomic mass is 9.94. The van der Waals surface area contributed by atoms with E-state index in [2.05, 4.69) is 10.2 Å². The summed E-state index contributed by atoms with van der Waals surface area (Å²) in [5.74, 6) is 0.279. The zero-order chi connectivity index (χ0) is 19.3. The van der Waals surface area contributed by atoms with Crippen LogP contribution in [0.25, 0.3) is 0 Å². The molecule has 1 aromatic heterocycles. The Morgan fingerprint density at radius 3 is 2.56 bits per heavy atom. The van der Waals surface area contributed by atoms with Gasteiger partial charge in [-0.2, -0.15) is 4.31 Å². The Hall–Kier alpha value is -0.710. The molecule has 1 aromatic rings. The molecule has 0 radical (unpaired) electrons. The van der Waals surface area contributed by atoms with Crippen LogP contribution in [-0.2, 0) is 19.6 Å². The maximum absolute atomic E-state index is 12.6. The molecular formula is C17H26ClN3O4S2. The number of halogens is 1. The van der Waals surface area contributed by atoms with E-state index in [1.54, 1.807) is 12.1 Å². The first-order valence-electron chi connectivity index (χ1n) is 9.27. The summed E-state index contributed by atoms with van der Waals surface area (Å²) >= 11 is 6.94. The fourth-order valence-corrected chi connectivity index (χ4v) is 6.54. The molecular weight excluding hydrogens is 410 g/mol. The van der Waals surface area contributed by atoms with Crippen LogP contribution in [0.4, 0.5) is 0 Å². The Bertz CT molecular complexity index is 726. The molecule has 0 aliphatic carbocycles. The number of piperidine rings is 1. The maximum Gasteiger partial charge on any atom is 0.252 e. The highest BCUT2D eigenvalue weighted by molar-refractivity contribution is 7.91. The molecule has 2 aliphatic rings. The number of hydrogen-bond acceptors (Lipinski definition) is 6. The molecule has 2 aliphatic heterocycles. The van der Waals surface area contributed by atoms with E-state index < -0.39 is 10.0 Å². The largest absolute Gasteiger partial charge is 0.379 e. The van der Waals surface area contributed by atoms with E-state index in [4.69, 9.17) is 16.3 Å². The van der Waals surface area contributed by atoms with Crippen molar-refractivity contribution >= 4 is 38.9 Å². The molecule has 152 valence electrons. The average molecular weight is 436 g/mol. The van der Waals surface area contributed by atoms with E-state index in [9.17, 15) is 13.2 Å². The van der Waals surface area contributed by atoms with Gasteiger partial charge in [0.1, 0.15) is 4.21 Å². The van der Waals surface area contributed by atoms with E-state index in [-0.39, 0.29) is 16.0 Å². The number of hydrogen-bond donors (Lipinski definition) is 1. The third kappa shape index (κ3) is 5.88. The summed E-state index contributed by atoms with van der Waals surface area (Å²) in [4.78, 5) is 14.4. The van der Waals surface area contributed by atoms with Crippen molar-refractivity contribution in [3.8, 4) is 0 Å². The second-order valence-electron chi connectivity index (χ2n) is 6.91. The van der Waals surface area contributed by atoms with Crippen molar-refractivity contribution in [3.05, 3.63) is 16.5 Å². The molecule has 1 amide bonds. The van der Waals surface area contributed by atoms with E-state index in [1.165, 1.54) is 4.31 Å². The molecule has 0 spiro atoms. The molecule has 10 heteroatoms. The molecule has 0 unspecified atom stereocenters. The zero-order valence-electron chi connectivity index (χ0n) is 15.2. The molecule has 27 heavy (non-hydrogen) atoms. The van der Waals surface area contributed by atoms with Gasteiger partial charge in [-0.1, -0.05) is 11.6 Å². The summed E-state index contributed by atoms with van der Waals surface area (Å²) < 4.78 is 32.8. The van der Waals surface area contributed by atoms with E-state index in [1.807, 2.05) is 0 Å². The van der Waals surface area contributed by atoms with Gasteiger partial charge in [0.15, 0.2) is 0 Å². The van der Waals surface area contributed by atoms with Gasteiger partial charge in [-0.3, -0.25) is 9.69 Å². The molecule has 2 saturated heterocycles. The van der Waals surface area contributed by atoms with Crippen molar-refractivity contribution in [2.24, 2.45) is 5.92 Å². The van der Waals surface area contributed by atoms with Gasteiger partial charge in [-0.05, 0) is 30.9 Å². The fourth-order valence-electron chi connectivity index (χ4n) is 3.43. The van der Waals surface area contributed by atoms with Gasteiger partial charge in [-0.15, -0.1) is 11.3 Å². The number of ether oxygens (including phenoxy) is 1. The van der Waals surface area contributed by atoms with Crippen LogP contribution in [0.1, 0.15) is 19.3 Å². The summed E-state index contributed by atoms with van der Waals surface area (Å²) in [6, 6.07) is 3.16. The Kier molecular flexibility index (Phi) is 7.52. The normalized spacial score (nSPS) is 20.6. The first kappa shape index (κ1) is 21.0. The van der Waals surface area contributed by atoms with Crippen molar-refractivity contribution in [1.82, 2.24) is 14.5 Å². The predicted octanol–water partition coefficient (Wildman–Crippen LogP) is 1.64. The molecule has 0 aromatic carbocycles. The third-order valence-electron chi connectivity index (χ3n) is 5.04. The molecule has 0 saturated carbocycles. The number of amides is 1. The molecule has 2 fully saturated rings. The minimum absolute atomic E-state index is 0.0506. The van der Waals surface area contributed by atoms with Crippen LogP contribution in [0.2, 0.25) is 4.34 Å². The monoisotopic (exact) mass is 435 g/mol. The molecule has 0 atom stereocenters. The minimum Gasteiger partial charge on any atom is -0.379 e. The van der Waals surface area contributed by atoms with Gasteiger partial charge in [0.2, 0.25) is 5.91 Å². The summed E-state index contributed by atoms with van der Waals surface area (Å²) in [6.07, 6.45) is 1.87. The van der Waals surface area contributed by atoms with E-state index in [0.717, 1.165) is 44.2 Å². The number of nitrogens with one attached hydrogen (secondary N) is 1. The van der Waals surface area contributed by atoms with Crippen LogP contribution in [0, 0.1) is 5.92 Å². The summed E-state index contributed by atoms with van der Waals surface area (Å²) in [5.41, 5.74) is 0. The van der Waals surface area contributed by atoms with E-state index >= 15 is 0 Å². The molecule has 3 heterocycles. The smallest absolute Gasteiger partial charge is 0.252 e. The number of carbonyl (C=O) groups excluding carboxylic acids is 1. The SMILES string of the molecule is O=C(CC1CCN(S(=O)(=O)c2ccc(Cl)s2)CC1)NCCN1CCOCC1. The molecule has 7 nitrogen and oxygen atoms in total. The van der Waals surface area contributed by atoms with Crippen molar-refractivity contribution < 1.29 is 17.9 Å². The van der Waals surface area contributed by atoms with Gasteiger partial charge in [0.25, 0.3) is 10.0 Å². The topological polar surface area (TPSA) is 79.0 Å². The lowest BCUT2D eigenvalue weighted by Crippen LogP contribution is -2.42. The average Bonchev–Trinajstić information content (AvgIpc) is 3.10. The fraction of sp³-hybridized carbons (Fsp3) is 0.706. The summed E-state index contributed by atoms with van der Waals surface area (Å²) in [6.45, 7) is 5.73. The Labute approximate surface area is 169 Å².